The lowest BCUT2D eigenvalue weighted by atomic mass is 10.1. The van der Waals surface area contributed by atoms with Crippen molar-refractivity contribution in [1.29, 1.82) is 0 Å². The van der Waals surface area contributed by atoms with Gasteiger partial charge in [0.15, 0.2) is 11.6 Å². The number of benzene rings is 3. The van der Waals surface area contributed by atoms with E-state index in [-0.39, 0.29) is 11.6 Å². The van der Waals surface area contributed by atoms with E-state index in [1.54, 1.807) is 17.0 Å². The summed E-state index contributed by atoms with van der Waals surface area (Å²) < 4.78 is 53.7. The highest BCUT2D eigenvalue weighted by atomic mass is 32.2. The molecule has 3 aromatic carbocycles. The number of anilines is 1. The molecule has 0 spiro atoms. The predicted molar refractivity (Wildman–Crippen MR) is 126 cm³/mol. The van der Waals surface area contributed by atoms with E-state index in [1.165, 1.54) is 23.3 Å². The zero-order valence-corrected chi connectivity index (χ0v) is 19.5. The van der Waals surface area contributed by atoms with E-state index in [1.807, 2.05) is 12.1 Å². The molecule has 1 heterocycles. The van der Waals surface area contributed by atoms with E-state index in [0.717, 1.165) is 31.8 Å². The average Bonchev–Trinajstić information content (AvgIpc) is 2.82. The summed E-state index contributed by atoms with van der Waals surface area (Å²) in [6.45, 7) is 5.70. The molecule has 1 fully saturated rings. The van der Waals surface area contributed by atoms with Gasteiger partial charge in [0.05, 0.1) is 4.90 Å². The van der Waals surface area contributed by atoms with Crippen molar-refractivity contribution in [2.45, 2.75) is 18.4 Å². The van der Waals surface area contributed by atoms with Crippen LogP contribution in [0.5, 0.6) is 0 Å². The number of carbonyl (C=O) groups is 1. The number of hydrogen-bond acceptors (Lipinski definition) is 4. The van der Waals surface area contributed by atoms with Crippen molar-refractivity contribution in [3.05, 3.63) is 95.1 Å². The molecule has 0 unspecified atom stereocenters. The molecule has 1 aliphatic rings. The Kier molecular flexibility index (Phi) is 6.95. The lowest BCUT2D eigenvalue weighted by molar-refractivity contribution is 0.0628. The molecule has 0 bridgehead atoms. The number of rotatable bonds is 6. The van der Waals surface area contributed by atoms with E-state index in [2.05, 4.69) is 28.7 Å². The second-order valence-corrected chi connectivity index (χ2v) is 9.94. The molecule has 0 aromatic heterocycles. The maximum atomic E-state index is 13.4. The minimum absolute atomic E-state index is 0.120. The summed E-state index contributed by atoms with van der Waals surface area (Å²) >= 11 is 0. The summed E-state index contributed by atoms with van der Waals surface area (Å²) in [6.07, 6.45) is 0. The first kappa shape index (κ1) is 23.8. The monoisotopic (exact) mass is 485 g/mol. The smallest absolute Gasteiger partial charge is 0.261 e. The first-order chi connectivity index (χ1) is 16.2. The Hall–Kier alpha value is -3.30. The van der Waals surface area contributed by atoms with E-state index >= 15 is 0 Å². The molecule has 1 amide bonds. The van der Waals surface area contributed by atoms with Gasteiger partial charge in [0.25, 0.3) is 15.9 Å². The Morgan fingerprint density at radius 3 is 2.24 bits per heavy atom. The van der Waals surface area contributed by atoms with Crippen LogP contribution in [0.4, 0.5) is 14.5 Å². The summed E-state index contributed by atoms with van der Waals surface area (Å²) in [6, 6.07) is 16.7. The third-order valence-electron chi connectivity index (χ3n) is 5.90. The van der Waals surface area contributed by atoms with Crippen molar-refractivity contribution < 1.29 is 22.0 Å². The summed E-state index contributed by atoms with van der Waals surface area (Å²) in [5.74, 6) is -2.49. The van der Waals surface area contributed by atoms with Crippen LogP contribution in [-0.2, 0) is 16.6 Å². The van der Waals surface area contributed by atoms with Crippen molar-refractivity contribution >= 4 is 21.6 Å². The number of carbonyl (C=O) groups excluding carboxylic acids is 1. The van der Waals surface area contributed by atoms with Crippen molar-refractivity contribution in [2.24, 2.45) is 0 Å². The molecule has 0 atom stereocenters. The standard InChI is InChI=1S/C25H25F2N3O3S/c1-18-4-2-3-5-20(18)17-29-12-14-30(15-13-29)25(31)19-6-8-21(9-7-19)28-34(32,33)22-10-11-23(26)24(27)16-22/h2-11,16,28H,12-15,17H2,1H3. The van der Waals surface area contributed by atoms with Crippen LogP contribution in [0.1, 0.15) is 21.5 Å². The van der Waals surface area contributed by atoms with Crippen LogP contribution in [0.3, 0.4) is 0 Å². The zero-order chi connectivity index (χ0) is 24.3. The van der Waals surface area contributed by atoms with Crippen LogP contribution in [0, 0.1) is 18.6 Å². The third-order valence-corrected chi connectivity index (χ3v) is 7.28. The van der Waals surface area contributed by atoms with E-state index in [0.29, 0.717) is 24.7 Å². The Balaban J connectivity index is 1.35. The predicted octanol–water partition coefficient (Wildman–Crippen LogP) is 4.03. The van der Waals surface area contributed by atoms with Crippen molar-refractivity contribution in [2.75, 3.05) is 30.9 Å². The SMILES string of the molecule is Cc1ccccc1CN1CCN(C(=O)c2ccc(NS(=O)(=O)c3ccc(F)c(F)c3)cc2)CC1. The molecule has 6 nitrogen and oxygen atoms in total. The Labute approximate surface area is 197 Å². The van der Waals surface area contributed by atoms with Gasteiger partial charge >= 0.3 is 0 Å². The number of nitrogens with zero attached hydrogens (tertiary/aromatic N) is 2. The normalized spacial score (nSPS) is 14.7. The second-order valence-electron chi connectivity index (χ2n) is 8.25. The molecule has 0 radical (unpaired) electrons. The number of nitrogens with one attached hydrogen (secondary N) is 1. The highest BCUT2D eigenvalue weighted by molar-refractivity contribution is 7.92. The Bertz CT molecular complexity index is 1290. The topological polar surface area (TPSA) is 69.7 Å². The van der Waals surface area contributed by atoms with Gasteiger partial charge in [-0.2, -0.15) is 0 Å². The minimum atomic E-state index is -4.10. The molecule has 9 heteroatoms. The number of halogens is 2. The van der Waals surface area contributed by atoms with Gasteiger partial charge < -0.3 is 4.90 Å². The number of hydrogen-bond donors (Lipinski definition) is 1. The van der Waals surface area contributed by atoms with Gasteiger partial charge in [0, 0.05) is 44.0 Å². The quantitative estimate of drug-likeness (QED) is 0.572. The van der Waals surface area contributed by atoms with Gasteiger partial charge in [-0.1, -0.05) is 24.3 Å². The van der Waals surface area contributed by atoms with E-state index < -0.39 is 26.6 Å². The Morgan fingerprint density at radius 1 is 0.912 bits per heavy atom. The molecule has 4 rings (SSSR count). The first-order valence-electron chi connectivity index (χ1n) is 10.9. The van der Waals surface area contributed by atoms with Crippen LogP contribution in [0.25, 0.3) is 0 Å². The number of sulfonamides is 1. The molecule has 1 saturated heterocycles. The zero-order valence-electron chi connectivity index (χ0n) is 18.7. The molecule has 1 N–H and O–H groups in total. The van der Waals surface area contributed by atoms with E-state index in [9.17, 15) is 22.0 Å². The summed E-state index contributed by atoms with van der Waals surface area (Å²) in [5, 5.41) is 0. The van der Waals surface area contributed by atoms with Crippen LogP contribution in [0.2, 0.25) is 0 Å². The molecule has 0 aliphatic carbocycles. The maximum Gasteiger partial charge on any atom is 0.261 e. The van der Waals surface area contributed by atoms with Gasteiger partial charge in [-0.3, -0.25) is 14.4 Å². The Morgan fingerprint density at radius 2 is 1.59 bits per heavy atom. The highest BCUT2D eigenvalue weighted by Crippen LogP contribution is 2.20. The van der Waals surface area contributed by atoms with E-state index in [4.69, 9.17) is 0 Å². The lowest BCUT2D eigenvalue weighted by Crippen LogP contribution is -2.48. The fourth-order valence-electron chi connectivity index (χ4n) is 3.86. The van der Waals surface area contributed by atoms with Gasteiger partial charge in [0.1, 0.15) is 0 Å². The van der Waals surface area contributed by atoms with Gasteiger partial charge in [-0.15, -0.1) is 0 Å². The summed E-state index contributed by atoms with van der Waals surface area (Å²) in [7, 11) is -4.10. The number of piperazine rings is 1. The fraction of sp³-hybridized carbons (Fsp3) is 0.240. The minimum Gasteiger partial charge on any atom is -0.336 e. The molecule has 0 saturated carbocycles. The van der Waals surface area contributed by atoms with Gasteiger partial charge in [-0.05, 0) is 60.5 Å². The van der Waals surface area contributed by atoms with Crippen molar-refractivity contribution in [3.63, 3.8) is 0 Å². The van der Waals surface area contributed by atoms with Crippen LogP contribution in [0.15, 0.2) is 71.6 Å². The van der Waals surface area contributed by atoms with Crippen LogP contribution >= 0.6 is 0 Å². The van der Waals surface area contributed by atoms with Crippen molar-refractivity contribution in [1.82, 2.24) is 9.80 Å². The molecule has 1 aliphatic heterocycles. The van der Waals surface area contributed by atoms with Crippen LogP contribution < -0.4 is 4.72 Å². The second kappa shape index (κ2) is 9.90. The van der Waals surface area contributed by atoms with Crippen molar-refractivity contribution in [3.8, 4) is 0 Å². The third kappa shape index (κ3) is 5.43. The first-order valence-corrected chi connectivity index (χ1v) is 12.4. The summed E-state index contributed by atoms with van der Waals surface area (Å²) in [4.78, 5) is 16.6. The number of aryl methyl sites for hydroxylation is 1. The maximum absolute atomic E-state index is 13.4. The average molecular weight is 486 g/mol. The number of amides is 1. The largest absolute Gasteiger partial charge is 0.336 e. The highest BCUT2D eigenvalue weighted by Gasteiger charge is 2.23. The molecule has 178 valence electrons. The fourth-order valence-corrected chi connectivity index (χ4v) is 4.93. The summed E-state index contributed by atoms with van der Waals surface area (Å²) in [5.41, 5.74) is 3.19. The molecule has 3 aromatic rings. The lowest BCUT2D eigenvalue weighted by Gasteiger charge is -2.35. The molecule has 34 heavy (non-hydrogen) atoms. The van der Waals surface area contributed by atoms with Gasteiger partial charge in [-0.25, -0.2) is 17.2 Å². The molecular formula is C25H25F2N3O3S. The van der Waals surface area contributed by atoms with Crippen LogP contribution in [-0.4, -0.2) is 50.3 Å². The molecular weight excluding hydrogens is 460 g/mol. The van der Waals surface area contributed by atoms with Gasteiger partial charge in [0.2, 0.25) is 0 Å².